The van der Waals surface area contributed by atoms with Crippen LogP contribution < -0.4 is 14.4 Å². The van der Waals surface area contributed by atoms with Gasteiger partial charge in [0.15, 0.2) is 0 Å². The summed E-state index contributed by atoms with van der Waals surface area (Å²) in [5, 5.41) is 2.40. The van der Waals surface area contributed by atoms with Gasteiger partial charge in [-0.1, -0.05) is 24.3 Å². The van der Waals surface area contributed by atoms with Crippen LogP contribution >= 0.6 is 0 Å². The van der Waals surface area contributed by atoms with Crippen LogP contribution in [0.3, 0.4) is 0 Å². The number of rotatable bonds is 7. The predicted molar refractivity (Wildman–Crippen MR) is 114 cm³/mol. The van der Waals surface area contributed by atoms with E-state index in [1.807, 2.05) is 0 Å². The van der Waals surface area contributed by atoms with Crippen molar-refractivity contribution < 1.29 is 35.5 Å². The molecule has 0 fully saturated rings. The molecule has 3 aromatic rings. The topological polar surface area (TPSA) is 75.7 Å². The summed E-state index contributed by atoms with van der Waals surface area (Å²) in [6, 6.07) is 14.1. The number of halogens is 4. The van der Waals surface area contributed by atoms with Crippen molar-refractivity contribution in [2.75, 3.05) is 23.3 Å². The van der Waals surface area contributed by atoms with Crippen LogP contribution in [0.5, 0.6) is 5.75 Å². The van der Waals surface area contributed by atoms with E-state index >= 15 is 0 Å². The number of methoxy groups -OCH3 is 1. The minimum absolute atomic E-state index is 0.0279. The van der Waals surface area contributed by atoms with Crippen LogP contribution in [-0.2, 0) is 21.0 Å². The first-order valence-electron chi connectivity index (χ1n) is 9.41. The summed E-state index contributed by atoms with van der Waals surface area (Å²) in [5.74, 6) is -1.38. The summed E-state index contributed by atoms with van der Waals surface area (Å²) < 4.78 is 86.4. The van der Waals surface area contributed by atoms with E-state index in [2.05, 4.69) is 5.32 Å². The van der Waals surface area contributed by atoms with Gasteiger partial charge in [0.1, 0.15) is 18.1 Å². The number of ether oxygens (including phenoxy) is 1. The molecular weight excluding hydrogens is 464 g/mol. The summed E-state index contributed by atoms with van der Waals surface area (Å²) in [5.41, 5.74) is -1.33. The van der Waals surface area contributed by atoms with Gasteiger partial charge in [0.05, 0.1) is 23.3 Å². The molecule has 6 nitrogen and oxygen atoms in total. The summed E-state index contributed by atoms with van der Waals surface area (Å²) in [7, 11) is -3.63. The van der Waals surface area contributed by atoms with E-state index in [1.54, 1.807) is 0 Å². The summed E-state index contributed by atoms with van der Waals surface area (Å²) >= 11 is 0. The molecule has 33 heavy (non-hydrogen) atoms. The van der Waals surface area contributed by atoms with E-state index in [9.17, 15) is 30.8 Å². The van der Waals surface area contributed by atoms with E-state index in [0.29, 0.717) is 10.4 Å². The number of amides is 1. The number of hydrogen-bond donors (Lipinski definition) is 1. The lowest BCUT2D eigenvalue weighted by Gasteiger charge is -2.26. The number of nitrogens with zero attached hydrogens (tertiary/aromatic N) is 1. The quantitative estimate of drug-likeness (QED) is 0.496. The third kappa shape index (κ3) is 5.43. The van der Waals surface area contributed by atoms with Crippen LogP contribution in [0.25, 0.3) is 0 Å². The molecule has 3 aromatic carbocycles. The number of alkyl halides is 3. The van der Waals surface area contributed by atoms with Crippen molar-refractivity contribution in [1.29, 1.82) is 0 Å². The number of para-hydroxylation sites is 2. The molecule has 174 valence electrons. The number of anilines is 2. The highest BCUT2D eigenvalue weighted by Crippen LogP contribution is 2.38. The molecule has 0 bridgehead atoms. The van der Waals surface area contributed by atoms with Crippen molar-refractivity contribution in [1.82, 2.24) is 0 Å². The molecule has 0 heterocycles. The Morgan fingerprint density at radius 2 is 1.58 bits per heavy atom. The SMILES string of the molecule is COc1ccccc1N(CC(=O)Nc1ccc(F)cc1)S(=O)(=O)c1ccccc1C(F)(F)F. The van der Waals surface area contributed by atoms with Gasteiger partial charge in [-0.05, 0) is 48.5 Å². The Bertz CT molecular complexity index is 1250. The van der Waals surface area contributed by atoms with Gasteiger partial charge in [0, 0.05) is 5.69 Å². The molecule has 0 aliphatic heterocycles. The Balaban J connectivity index is 2.08. The number of hydrogen-bond acceptors (Lipinski definition) is 4. The minimum Gasteiger partial charge on any atom is -0.495 e. The van der Waals surface area contributed by atoms with E-state index in [1.165, 1.54) is 43.5 Å². The summed E-state index contributed by atoms with van der Waals surface area (Å²) in [4.78, 5) is 11.7. The average molecular weight is 482 g/mol. The molecule has 0 saturated carbocycles. The highest BCUT2D eigenvalue weighted by Gasteiger charge is 2.40. The fraction of sp³-hybridized carbons (Fsp3) is 0.136. The molecule has 3 rings (SSSR count). The number of nitrogens with one attached hydrogen (secondary N) is 1. The highest BCUT2D eigenvalue weighted by atomic mass is 32.2. The second-order valence-corrected chi connectivity index (χ2v) is 8.56. The van der Waals surface area contributed by atoms with Gasteiger partial charge < -0.3 is 10.1 Å². The lowest BCUT2D eigenvalue weighted by atomic mass is 10.2. The zero-order chi connectivity index (χ0) is 24.2. The Hall–Kier alpha value is -3.60. The molecule has 0 spiro atoms. The van der Waals surface area contributed by atoms with Crippen molar-refractivity contribution >= 4 is 27.3 Å². The number of carbonyl (C=O) groups is 1. The fourth-order valence-corrected chi connectivity index (χ4v) is 4.69. The number of sulfonamides is 1. The van der Waals surface area contributed by atoms with Crippen molar-refractivity contribution in [3.63, 3.8) is 0 Å². The molecule has 0 radical (unpaired) electrons. The average Bonchev–Trinajstić information content (AvgIpc) is 2.78. The Morgan fingerprint density at radius 1 is 0.970 bits per heavy atom. The van der Waals surface area contributed by atoms with Gasteiger partial charge >= 0.3 is 6.18 Å². The fourth-order valence-electron chi connectivity index (χ4n) is 3.04. The van der Waals surface area contributed by atoms with Gasteiger partial charge in [-0.3, -0.25) is 9.10 Å². The molecule has 1 amide bonds. The van der Waals surface area contributed by atoms with Crippen molar-refractivity contribution in [3.05, 3.63) is 84.2 Å². The smallest absolute Gasteiger partial charge is 0.417 e. The van der Waals surface area contributed by atoms with Gasteiger partial charge in [0.25, 0.3) is 10.0 Å². The zero-order valence-corrected chi connectivity index (χ0v) is 18.0. The van der Waals surface area contributed by atoms with E-state index < -0.39 is 44.9 Å². The third-order valence-electron chi connectivity index (χ3n) is 4.53. The molecule has 1 N–H and O–H groups in total. The van der Waals surface area contributed by atoms with Crippen LogP contribution in [0.2, 0.25) is 0 Å². The van der Waals surface area contributed by atoms with Gasteiger partial charge in [-0.15, -0.1) is 0 Å². The summed E-state index contributed by atoms with van der Waals surface area (Å²) in [6.07, 6.45) is -4.95. The van der Waals surface area contributed by atoms with Crippen molar-refractivity contribution in [2.24, 2.45) is 0 Å². The molecule has 0 aromatic heterocycles. The van der Waals surface area contributed by atoms with E-state index in [0.717, 1.165) is 30.3 Å². The second-order valence-electron chi connectivity index (χ2n) is 6.73. The third-order valence-corrected chi connectivity index (χ3v) is 6.35. The first-order chi connectivity index (χ1) is 15.5. The first kappa shape index (κ1) is 24.1. The van der Waals surface area contributed by atoms with Crippen LogP contribution in [0.1, 0.15) is 5.56 Å². The molecular formula is C22H18F4N2O4S. The lowest BCUT2D eigenvalue weighted by molar-refractivity contribution is -0.139. The molecule has 0 saturated heterocycles. The van der Waals surface area contributed by atoms with Crippen molar-refractivity contribution in [2.45, 2.75) is 11.1 Å². The van der Waals surface area contributed by atoms with E-state index in [4.69, 9.17) is 4.74 Å². The first-order valence-corrected chi connectivity index (χ1v) is 10.9. The number of benzene rings is 3. The van der Waals surface area contributed by atoms with Gasteiger partial charge in [-0.2, -0.15) is 13.2 Å². The van der Waals surface area contributed by atoms with Crippen LogP contribution in [0, 0.1) is 5.82 Å². The molecule has 0 aliphatic carbocycles. The van der Waals surface area contributed by atoms with Gasteiger partial charge in [0.2, 0.25) is 5.91 Å². The highest BCUT2D eigenvalue weighted by molar-refractivity contribution is 7.93. The molecule has 11 heteroatoms. The predicted octanol–water partition coefficient (Wildman–Crippen LogP) is 4.69. The maximum absolute atomic E-state index is 13.6. The molecule has 0 atom stereocenters. The maximum atomic E-state index is 13.6. The van der Waals surface area contributed by atoms with Crippen molar-refractivity contribution in [3.8, 4) is 5.75 Å². The summed E-state index contributed by atoms with van der Waals surface area (Å²) in [6.45, 7) is -0.869. The monoisotopic (exact) mass is 482 g/mol. The maximum Gasteiger partial charge on any atom is 0.417 e. The minimum atomic E-state index is -4.95. The zero-order valence-electron chi connectivity index (χ0n) is 17.1. The van der Waals surface area contributed by atoms with Gasteiger partial charge in [-0.25, -0.2) is 12.8 Å². The van der Waals surface area contributed by atoms with Crippen LogP contribution in [0.15, 0.2) is 77.7 Å². The van der Waals surface area contributed by atoms with E-state index in [-0.39, 0.29) is 17.1 Å². The largest absolute Gasteiger partial charge is 0.495 e. The standard InChI is InChI=1S/C22H18F4N2O4S/c1-32-19-8-4-3-7-18(19)28(14-21(29)27-16-12-10-15(23)11-13-16)33(30,31)20-9-5-2-6-17(20)22(24,25)26/h2-13H,14H2,1H3,(H,27,29). The second kappa shape index (κ2) is 9.49. The Morgan fingerprint density at radius 3 is 2.21 bits per heavy atom. The van der Waals surface area contributed by atoms with Crippen LogP contribution in [0.4, 0.5) is 28.9 Å². The number of carbonyl (C=O) groups excluding carboxylic acids is 1. The Kier molecular flexibility index (Phi) is 6.92. The molecule has 0 unspecified atom stereocenters. The van der Waals surface area contributed by atoms with Crippen LogP contribution in [-0.4, -0.2) is 28.0 Å². The molecule has 0 aliphatic rings. The Labute approximate surface area is 187 Å². The normalized spacial score (nSPS) is 11.7. The lowest BCUT2D eigenvalue weighted by Crippen LogP contribution is -2.39.